The van der Waals surface area contributed by atoms with E-state index in [2.05, 4.69) is 6.92 Å². The Morgan fingerprint density at radius 1 is 1.25 bits per heavy atom. The number of aliphatic hydroxyl groups is 1. The normalized spacial score (nSPS) is 12.4. The molecule has 0 bridgehead atoms. The molecule has 0 heterocycles. The molecule has 1 atom stereocenters. The van der Waals surface area contributed by atoms with Crippen LogP contribution in [0, 0.1) is 0 Å². The first-order valence-electron chi connectivity index (χ1n) is 6.18. The van der Waals surface area contributed by atoms with Crippen LogP contribution in [0.2, 0.25) is 0 Å². The molecule has 0 aliphatic rings. The van der Waals surface area contributed by atoms with Crippen LogP contribution in [0.15, 0.2) is 24.3 Å². The molecule has 0 aliphatic heterocycles. The van der Waals surface area contributed by atoms with Gasteiger partial charge < -0.3 is 9.84 Å². The molecule has 90 valence electrons. The van der Waals surface area contributed by atoms with E-state index in [1.54, 1.807) is 0 Å². The van der Waals surface area contributed by atoms with E-state index in [0.29, 0.717) is 0 Å². The van der Waals surface area contributed by atoms with Crippen molar-refractivity contribution in [3.8, 4) is 5.75 Å². The van der Waals surface area contributed by atoms with E-state index in [1.165, 1.54) is 12.8 Å². The van der Waals surface area contributed by atoms with Gasteiger partial charge in [-0.3, -0.25) is 0 Å². The summed E-state index contributed by atoms with van der Waals surface area (Å²) in [7, 11) is 0. The molecule has 1 aromatic rings. The zero-order chi connectivity index (χ0) is 11.8. The van der Waals surface area contributed by atoms with Gasteiger partial charge in [0.25, 0.3) is 0 Å². The number of unbranched alkanes of at least 4 members (excludes halogenated alkanes) is 2. The minimum Gasteiger partial charge on any atom is -0.494 e. The maximum atomic E-state index is 9.71. The first-order chi connectivity index (χ1) is 7.77. The van der Waals surface area contributed by atoms with Crippen molar-refractivity contribution < 1.29 is 9.84 Å². The van der Waals surface area contributed by atoms with Gasteiger partial charge in [-0.25, -0.2) is 0 Å². The van der Waals surface area contributed by atoms with E-state index in [9.17, 15) is 5.11 Å². The molecule has 0 saturated carbocycles. The lowest BCUT2D eigenvalue weighted by atomic mass is 10.1. The van der Waals surface area contributed by atoms with Crippen molar-refractivity contribution >= 4 is 0 Å². The number of benzene rings is 1. The van der Waals surface area contributed by atoms with Gasteiger partial charge in [0.1, 0.15) is 5.75 Å². The van der Waals surface area contributed by atoms with Gasteiger partial charge in [-0.15, -0.1) is 0 Å². The molecule has 2 nitrogen and oxygen atoms in total. The summed E-state index contributed by atoms with van der Waals surface area (Å²) in [5.74, 6) is 0.862. The Bertz CT molecular complexity index is 297. The van der Waals surface area contributed by atoms with Crippen LogP contribution in [0.5, 0.6) is 5.75 Å². The Morgan fingerprint density at radius 2 is 2.06 bits per heavy atom. The van der Waals surface area contributed by atoms with Gasteiger partial charge >= 0.3 is 0 Å². The van der Waals surface area contributed by atoms with Crippen LogP contribution in [-0.2, 0) is 0 Å². The lowest BCUT2D eigenvalue weighted by Crippen LogP contribution is -1.99. The summed E-state index contributed by atoms with van der Waals surface area (Å²) in [4.78, 5) is 0. The number of aliphatic hydroxyl groups excluding tert-OH is 1. The van der Waals surface area contributed by atoms with Crippen molar-refractivity contribution in [2.75, 3.05) is 6.61 Å². The summed E-state index contributed by atoms with van der Waals surface area (Å²) < 4.78 is 5.63. The third-order valence-electron chi connectivity index (χ3n) is 2.65. The predicted molar refractivity (Wildman–Crippen MR) is 66.7 cm³/mol. The van der Waals surface area contributed by atoms with Gasteiger partial charge in [-0.1, -0.05) is 38.8 Å². The average molecular weight is 222 g/mol. The molecule has 1 N–H and O–H groups in total. The van der Waals surface area contributed by atoms with E-state index in [0.717, 1.165) is 30.8 Å². The quantitative estimate of drug-likeness (QED) is 0.713. The molecule has 0 saturated heterocycles. The van der Waals surface area contributed by atoms with Crippen LogP contribution in [0.3, 0.4) is 0 Å². The summed E-state index contributed by atoms with van der Waals surface area (Å²) >= 11 is 0. The topological polar surface area (TPSA) is 29.5 Å². The Morgan fingerprint density at radius 3 is 2.75 bits per heavy atom. The van der Waals surface area contributed by atoms with Gasteiger partial charge in [0.15, 0.2) is 0 Å². The van der Waals surface area contributed by atoms with Crippen molar-refractivity contribution in [3.05, 3.63) is 29.8 Å². The van der Waals surface area contributed by atoms with E-state index in [-0.39, 0.29) is 6.10 Å². The Hall–Kier alpha value is -1.02. The number of hydrogen-bond donors (Lipinski definition) is 1. The van der Waals surface area contributed by atoms with Crippen LogP contribution in [0.4, 0.5) is 0 Å². The van der Waals surface area contributed by atoms with Gasteiger partial charge in [-0.05, 0) is 30.5 Å². The molecule has 1 rings (SSSR count). The molecule has 0 aliphatic carbocycles. The van der Waals surface area contributed by atoms with E-state index >= 15 is 0 Å². The fourth-order valence-electron chi connectivity index (χ4n) is 1.59. The maximum Gasteiger partial charge on any atom is 0.119 e. The molecule has 0 fully saturated rings. The average Bonchev–Trinajstić information content (AvgIpc) is 2.34. The second-order valence-corrected chi connectivity index (χ2v) is 4.05. The molecule has 1 aromatic carbocycles. The summed E-state index contributed by atoms with van der Waals surface area (Å²) in [6, 6.07) is 7.74. The molecular formula is C14H22O2. The van der Waals surface area contributed by atoms with Gasteiger partial charge in [0, 0.05) is 0 Å². The predicted octanol–water partition coefficient (Wildman–Crippen LogP) is 3.70. The molecule has 1 unspecified atom stereocenters. The molecule has 0 aromatic heterocycles. The molecule has 0 amide bonds. The van der Waals surface area contributed by atoms with Gasteiger partial charge in [0.05, 0.1) is 12.7 Å². The second kappa shape index (κ2) is 7.29. The van der Waals surface area contributed by atoms with Crippen LogP contribution >= 0.6 is 0 Å². The molecule has 0 radical (unpaired) electrons. The Labute approximate surface area is 98.3 Å². The van der Waals surface area contributed by atoms with E-state index in [4.69, 9.17) is 4.74 Å². The van der Waals surface area contributed by atoms with Crippen LogP contribution in [0.25, 0.3) is 0 Å². The molecule has 0 spiro atoms. The first kappa shape index (κ1) is 13.0. The summed E-state index contributed by atoms with van der Waals surface area (Å²) in [6.45, 7) is 4.91. The van der Waals surface area contributed by atoms with E-state index < -0.39 is 0 Å². The number of rotatable bonds is 7. The largest absolute Gasteiger partial charge is 0.494 e. The third-order valence-corrected chi connectivity index (χ3v) is 2.65. The van der Waals surface area contributed by atoms with Crippen molar-refractivity contribution in [2.45, 2.75) is 45.6 Å². The summed E-state index contributed by atoms with van der Waals surface area (Å²) in [6.07, 6.45) is 3.87. The van der Waals surface area contributed by atoms with Crippen molar-refractivity contribution in [2.24, 2.45) is 0 Å². The SMILES string of the molecule is CCCCCOc1cccc(C(O)CC)c1. The highest BCUT2D eigenvalue weighted by Gasteiger charge is 2.05. The summed E-state index contributed by atoms with van der Waals surface area (Å²) in [5, 5.41) is 9.71. The van der Waals surface area contributed by atoms with Crippen molar-refractivity contribution in [1.29, 1.82) is 0 Å². The van der Waals surface area contributed by atoms with Crippen LogP contribution in [-0.4, -0.2) is 11.7 Å². The summed E-state index contributed by atoms with van der Waals surface area (Å²) in [5.41, 5.74) is 0.940. The van der Waals surface area contributed by atoms with Gasteiger partial charge in [0.2, 0.25) is 0 Å². The van der Waals surface area contributed by atoms with Crippen molar-refractivity contribution in [3.63, 3.8) is 0 Å². The fraction of sp³-hybridized carbons (Fsp3) is 0.571. The second-order valence-electron chi connectivity index (χ2n) is 4.05. The minimum atomic E-state index is -0.376. The third kappa shape index (κ3) is 4.23. The molecule has 16 heavy (non-hydrogen) atoms. The van der Waals surface area contributed by atoms with E-state index in [1.807, 2.05) is 31.2 Å². The zero-order valence-electron chi connectivity index (χ0n) is 10.3. The molecular weight excluding hydrogens is 200 g/mol. The van der Waals surface area contributed by atoms with Crippen molar-refractivity contribution in [1.82, 2.24) is 0 Å². The number of hydrogen-bond acceptors (Lipinski definition) is 2. The smallest absolute Gasteiger partial charge is 0.119 e. The highest BCUT2D eigenvalue weighted by atomic mass is 16.5. The Kier molecular flexibility index (Phi) is 5.94. The standard InChI is InChI=1S/C14H22O2/c1-3-5-6-10-16-13-9-7-8-12(11-13)14(15)4-2/h7-9,11,14-15H,3-6,10H2,1-2H3. The maximum absolute atomic E-state index is 9.71. The fourth-order valence-corrected chi connectivity index (χ4v) is 1.59. The Balaban J connectivity index is 2.47. The van der Waals surface area contributed by atoms with Crippen LogP contribution in [0.1, 0.15) is 51.2 Å². The zero-order valence-corrected chi connectivity index (χ0v) is 10.3. The van der Waals surface area contributed by atoms with Gasteiger partial charge in [-0.2, -0.15) is 0 Å². The minimum absolute atomic E-state index is 0.376. The highest BCUT2D eigenvalue weighted by molar-refractivity contribution is 5.29. The lowest BCUT2D eigenvalue weighted by molar-refractivity contribution is 0.173. The first-order valence-corrected chi connectivity index (χ1v) is 6.18. The lowest BCUT2D eigenvalue weighted by Gasteiger charge is -2.11. The highest BCUT2D eigenvalue weighted by Crippen LogP contribution is 2.21. The number of ether oxygens (including phenoxy) is 1. The van der Waals surface area contributed by atoms with Crippen LogP contribution < -0.4 is 4.74 Å². The molecule has 2 heteroatoms. The monoisotopic (exact) mass is 222 g/mol.